The number of aliphatic hydroxyl groups excluding tert-OH is 1. The van der Waals surface area contributed by atoms with Crippen LogP contribution in [0.25, 0.3) is 0 Å². The Hall–Kier alpha value is -0.690. The molecule has 0 saturated heterocycles. The van der Waals surface area contributed by atoms with Crippen LogP contribution in [0.3, 0.4) is 0 Å². The summed E-state index contributed by atoms with van der Waals surface area (Å²) < 4.78 is 40.1. The number of halogens is 2. The van der Waals surface area contributed by atoms with Crippen molar-refractivity contribution in [2.75, 3.05) is 0 Å². The van der Waals surface area contributed by atoms with Crippen LogP contribution in [0.5, 0.6) is 0 Å². The van der Waals surface area contributed by atoms with Gasteiger partial charge in [0.25, 0.3) is 0 Å². The first-order valence-electron chi connectivity index (χ1n) is 6.49. The van der Waals surface area contributed by atoms with Gasteiger partial charge in [-0.2, -0.15) is 0 Å². The molecule has 0 unspecified atom stereocenters. The molecule has 1 aliphatic carbocycles. The molecule has 1 fully saturated rings. The van der Waals surface area contributed by atoms with E-state index in [1.165, 1.54) is 12.1 Å². The first kappa shape index (κ1) is 15.7. The van der Waals surface area contributed by atoms with E-state index in [1.807, 2.05) is 0 Å². The second-order valence-corrected chi connectivity index (χ2v) is 7.26. The third-order valence-corrected chi connectivity index (χ3v) is 5.00. The van der Waals surface area contributed by atoms with Gasteiger partial charge in [0, 0.05) is 16.6 Å². The fraction of sp³-hybridized carbons (Fsp3) is 0.538. The maximum absolute atomic E-state index is 13.6. The first-order chi connectivity index (χ1) is 9.37. The topological polar surface area (TPSA) is 66.4 Å². The van der Waals surface area contributed by atoms with Crippen molar-refractivity contribution in [3.63, 3.8) is 0 Å². The number of hydrogen-bond donors (Lipinski definition) is 2. The van der Waals surface area contributed by atoms with Crippen molar-refractivity contribution >= 4 is 21.6 Å². The molecule has 1 aromatic carbocycles. The highest BCUT2D eigenvalue weighted by Crippen LogP contribution is 2.21. The second-order valence-electron chi connectivity index (χ2n) is 5.07. The third kappa shape index (κ3) is 4.15. The highest BCUT2D eigenvalue weighted by atomic mass is 35.5. The minimum atomic E-state index is -3.72. The Morgan fingerprint density at radius 2 is 2.05 bits per heavy atom. The quantitative estimate of drug-likeness (QED) is 0.893. The van der Waals surface area contributed by atoms with Crippen molar-refractivity contribution < 1.29 is 17.9 Å². The summed E-state index contributed by atoms with van der Waals surface area (Å²) >= 11 is 5.74. The molecule has 1 aliphatic rings. The average molecular weight is 322 g/mol. The Morgan fingerprint density at radius 1 is 1.35 bits per heavy atom. The van der Waals surface area contributed by atoms with Gasteiger partial charge in [-0.1, -0.05) is 24.4 Å². The fourth-order valence-corrected chi connectivity index (χ4v) is 4.02. The van der Waals surface area contributed by atoms with Gasteiger partial charge in [0.1, 0.15) is 5.82 Å². The first-order valence-corrected chi connectivity index (χ1v) is 8.52. The normalized spacial score (nSPS) is 23.8. The smallest absolute Gasteiger partial charge is 0.216 e. The Bertz CT molecular complexity index is 579. The summed E-state index contributed by atoms with van der Waals surface area (Å²) in [5.74, 6) is -1.09. The summed E-state index contributed by atoms with van der Waals surface area (Å²) in [5, 5.41) is 10.1. The van der Waals surface area contributed by atoms with E-state index < -0.39 is 33.7 Å². The molecule has 7 heteroatoms. The molecule has 112 valence electrons. The maximum atomic E-state index is 13.6. The van der Waals surface area contributed by atoms with Gasteiger partial charge in [-0.3, -0.25) is 0 Å². The molecule has 1 saturated carbocycles. The van der Waals surface area contributed by atoms with E-state index >= 15 is 0 Å². The largest absolute Gasteiger partial charge is 0.391 e. The number of aliphatic hydroxyl groups is 1. The maximum Gasteiger partial charge on any atom is 0.216 e. The van der Waals surface area contributed by atoms with E-state index in [4.69, 9.17) is 11.6 Å². The molecule has 0 aromatic heterocycles. The van der Waals surface area contributed by atoms with E-state index in [-0.39, 0.29) is 10.6 Å². The molecule has 2 atom stereocenters. The van der Waals surface area contributed by atoms with Crippen molar-refractivity contribution in [3.8, 4) is 0 Å². The van der Waals surface area contributed by atoms with Gasteiger partial charge in [-0.05, 0) is 31.0 Å². The number of nitrogens with one attached hydrogen (secondary N) is 1. The Kier molecular flexibility index (Phi) is 5.01. The summed E-state index contributed by atoms with van der Waals surface area (Å²) in [4.78, 5) is 0. The minimum absolute atomic E-state index is 0.0234. The predicted octanol–water partition coefficient (Wildman–Crippen LogP) is 2.20. The summed E-state index contributed by atoms with van der Waals surface area (Å²) in [6.45, 7) is 0. The molecule has 0 bridgehead atoms. The zero-order valence-electron chi connectivity index (χ0n) is 10.9. The number of hydrogen-bond acceptors (Lipinski definition) is 3. The van der Waals surface area contributed by atoms with Gasteiger partial charge in [-0.15, -0.1) is 0 Å². The minimum Gasteiger partial charge on any atom is -0.391 e. The molecular formula is C13H17ClFNO3S. The van der Waals surface area contributed by atoms with Crippen molar-refractivity contribution in [1.82, 2.24) is 4.72 Å². The molecule has 20 heavy (non-hydrogen) atoms. The molecule has 0 radical (unpaired) electrons. The second kappa shape index (κ2) is 6.39. The number of rotatable bonds is 4. The van der Waals surface area contributed by atoms with E-state index in [0.29, 0.717) is 12.8 Å². The van der Waals surface area contributed by atoms with E-state index in [0.717, 1.165) is 18.9 Å². The summed E-state index contributed by atoms with van der Waals surface area (Å²) in [6, 6.07) is 3.32. The van der Waals surface area contributed by atoms with Crippen LogP contribution in [0, 0.1) is 5.82 Å². The van der Waals surface area contributed by atoms with Gasteiger partial charge in [0.05, 0.1) is 11.9 Å². The lowest BCUT2D eigenvalue weighted by Gasteiger charge is -2.28. The lowest BCUT2D eigenvalue weighted by molar-refractivity contribution is 0.101. The van der Waals surface area contributed by atoms with E-state index in [2.05, 4.69) is 4.72 Å². The van der Waals surface area contributed by atoms with Gasteiger partial charge in [0.15, 0.2) is 0 Å². The Morgan fingerprint density at radius 3 is 2.75 bits per heavy atom. The predicted molar refractivity (Wildman–Crippen MR) is 75.4 cm³/mol. The van der Waals surface area contributed by atoms with Crippen molar-refractivity contribution in [1.29, 1.82) is 0 Å². The van der Waals surface area contributed by atoms with Crippen molar-refractivity contribution in [3.05, 3.63) is 34.6 Å². The van der Waals surface area contributed by atoms with Crippen molar-refractivity contribution in [2.24, 2.45) is 0 Å². The van der Waals surface area contributed by atoms with Crippen LogP contribution in [-0.2, 0) is 15.8 Å². The Labute approximate surface area is 123 Å². The molecule has 2 rings (SSSR count). The van der Waals surface area contributed by atoms with Gasteiger partial charge in [0.2, 0.25) is 10.0 Å². The molecule has 0 heterocycles. The standard InChI is InChI=1S/C13H17ClFNO3S/c14-10-5-6-11(15)9(7-10)8-20(18,19)16-12-3-1-2-4-13(12)17/h5-7,12-13,16-17H,1-4,8H2/t12-,13-/m0/s1. The number of benzene rings is 1. The fourth-order valence-electron chi connectivity index (χ4n) is 2.38. The summed E-state index contributed by atoms with van der Waals surface area (Å²) in [5.41, 5.74) is 0.0234. The van der Waals surface area contributed by atoms with Crippen LogP contribution in [0.2, 0.25) is 5.02 Å². The molecular weight excluding hydrogens is 305 g/mol. The zero-order valence-corrected chi connectivity index (χ0v) is 12.4. The molecule has 4 nitrogen and oxygen atoms in total. The van der Waals surface area contributed by atoms with Crippen LogP contribution in [0.4, 0.5) is 4.39 Å². The van der Waals surface area contributed by atoms with Crippen LogP contribution >= 0.6 is 11.6 Å². The van der Waals surface area contributed by atoms with Gasteiger partial charge in [-0.25, -0.2) is 17.5 Å². The molecule has 2 N–H and O–H groups in total. The third-order valence-electron chi connectivity index (χ3n) is 3.41. The van der Waals surface area contributed by atoms with Crippen molar-refractivity contribution in [2.45, 2.75) is 43.6 Å². The van der Waals surface area contributed by atoms with Gasteiger partial charge < -0.3 is 5.11 Å². The van der Waals surface area contributed by atoms with Crippen LogP contribution in [0.1, 0.15) is 31.2 Å². The van der Waals surface area contributed by atoms with Crippen LogP contribution in [-0.4, -0.2) is 25.7 Å². The molecule has 0 amide bonds. The highest BCUT2D eigenvalue weighted by molar-refractivity contribution is 7.88. The monoisotopic (exact) mass is 321 g/mol. The number of sulfonamides is 1. The summed E-state index contributed by atoms with van der Waals surface area (Å²) in [7, 11) is -3.72. The molecule has 0 aliphatic heterocycles. The highest BCUT2D eigenvalue weighted by Gasteiger charge is 2.27. The molecule has 0 spiro atoms. The van der Waals surface area contributed by atoms with E-state index in [1.54, 1.807) is 0 Å². The lowest BCUT2D eigenvalue weighted by Crippen LogP contribution is -2.45. The van der Waals surface area contributed by atoms with Crippen LogP contribution < -0.4 is 4.72 Å². The Balaban J connectivity index is 2.09. The lowest BCUT2D eigenvalue weighted by atomic mass is 9.93. The van der Waals surface area contributed by atoms with Gasteiger partial charge >= 0.3 is 0 Å². The van der Waals surface area contributed by atoms with E-state index in [9.17, 15) is 17.9 Å². The molecule has 1 aromatic rings. The SMILES string of the molecule is O=S(=O)(Cc1cc(Cl)ccc1F)N[C@H]1CCCC[C@@H]1O. The zero-order chi connectivity index (χ0) is 14.8. The average Bonchev–Trinajstić information content (AvgIpc) is 2.36. The van der Waals surface area contributed by atoms with Crippen LogP contribution in [0.15, 0.2) is 18.2 Å². The summed E-state index contributed by atoms with van der Waals surface area (Å²) in [6.07, 6.45) is 2.26.